The van der Waals surface area contributed by atoms with Crippen molar-refractivity contribution in [3.63, 3.8) is 0 Å². The Balaban J connectivity index is 1.60. The minimum Gasteiger partial charge on any atom is -0.376 e. The van der Waals surface area contributed by atoms with Crippen LogP contribution in [0.5, 0.6) is 0 Å². The van der Waals surface area contributed by atoms with Gasteiger partial charge in [0.15, 0.2) is 0 Å². The predicted octanol–water partition coefficient (Wildman–Crippen LogP) is 6.64. The lowest BCUT2D eigenvalue weighted by Gasteiger charge is -2.42. The van der Waals surface area contributed by atoms with Gasteiger partial charge in [-0.25, -0.2) is 0 Å². The number of nitrogens with zero attached hydrogens (tertiary/aromatic N) is 2. The smallest absolute Gasteiger partial charge is 0.333 e. The number of hydrogen-bond acceptors (Lipinski definition) is 1. The van der Waals surface area contributed by atoms with Gasteiger partial charge in [0.05, 0.1) is 11.0 Å². The van der Waals surface area contributed by atoms with Gasteiger partial charge in [-0.3, -0.25) is 0 Å². The molecule has 6 aromatic rings. The zero-order chi connectivity index (χ0) is 23.3. The maximum absolute atomic E-state index is 2.55. The molecular formula is C32H23BN2. The Bertz CT molecular complexity index is 1830. The molecule has 164 valence electrons. The predicted molar refractivity (Wildman–Crippen MR) is 149 cm³/mol. The van der Waals surface area contributed by atoms with Crippen LogP contribution < -0.4 is 15.7 Å². The molecule has 2 nitrogen and oxygen atoms in total. The highest BCUT2D eigenvalue weighted by Gasteiger charge is 2.43. The van der Waals surface area contributed by atoms with E-state index >= 15 is 0 Å². The third kappa shape index (κ3) is 2.35. The summed E-state index contributed by atoms with van der Waals surface area (Å²) in [7, 11) is 0. The van der Waals surface area contributed by atoms with E-state index in [1.807, 2.05) is 0 Å². The van der Waals surface area contributed by atoms with Crippen molar-refractivity contribution in [3.8, 4) is 16.8 Å². The molecule has 8 rings (SSSR count). The van der Waals surface area contributed by atoms with Crippen LogP contribution in [0.15, 0.2) is 103 Å². The van der Waals surface area contributed by atoms with E-state index in [9.17, 15) is 0 Å². The van der Waals surface area contributed by atoms with Crippen molar-refractivity contribution >= 4 is 51.0 Å². The number of para-hydroxylation sites is 3. The van der Waals surface area contributed by atoms with Gasteiger partial charge in [-0.15, -0.1) is 0 Å². The zero-order valence-corrected chi connectivity index (χ0v) is 19.8. The fourth-order valence-corrected chi connectivity index (χ4v) is 6.68. The van der Waals surface area contributed by atoms with Crippen LogP contribution in [0.2, 0.25) is 0 Å². The molecule has 3 heterocycles. The molecule has 0 bridgehead atoms. The summed E-state index contributed by atoms with van der Waals surface area (Å²) in [5.41, 5.74) is 14.5. The van der Waals surface area contributed by atoms with Crippen LogP contribution in [0.3, 0.4) is 0 Å². The number of aryl methyl sites for hydroxylation is 2. The van der Waals surface area contributed by atoms with Crippen LogP contribution in [0, 0.1) is 13.8 Å². The largest absolute Gasteiger partial charge is 0.376 e. The van der Waals surface area contributed by atoms with E-state index in [0.29, 0.717) is 0 Å². The summed E-state index contributed by atoms with van der Waals surface area (Å²) < 4.78 is 2.54. The fourth-order valence-electron chi connectivity index (χ4n) is 6.68. The minimum absolute atomic E-state index is 0.111. The van der Waals surface area contributed by atoms with Crippen molar-refractivity contribution in [3.05, 3.63) is 114 Å². The highest BCUT2D eigenvalue weighted by molar-refractivity contribution is 6.93. The van der Waals surface area contributed by atoms with Gasteiger partial charge in [-0.1, -0.05) is 78.4 Å². The van der Waals surface area contributed by atoms with Gasteiger partial charge in [0.25, 0.3) is 0 Å². The molecule has 0 atom stereocenters. The van der Waals surface area contributed by atoms with Gasteiger partial charge in [-0.05, 0) is 66.2 Å². The Labute approximate surface area is 205 Å². The lowest BCUT2D eigenvalue weighted by atomic mass is 9.44. The maximum atomic E-state index is 2.55. The minimum atomic E-state index is 0.111. The summed E-state index contributed by atoms with van der Waals surface area (Å²) >= 11 is 0. The first-order valence-corrected chi connectivity index (χ1v) is 12.3. The molecule has 0 saturated carbocycles. The average Bonchev–Trinajstić information content (AvgIpc) is 3.23. The molecule has 0 unspecified atom stereocenters. The average molecular weight is 446 g/mol. The summed E-state index contributed by atoms with van der Waals surface area (Å²) in [6.45, 7) is 4.57. The van der Waals surface area contributed by atoms with Crippen LogP contribution in [0.4, 0.5) is 11.4 Å². The second-order valence-corrected chi connectivity index (χ2v) is 9.92. The van der Waals surface area contributed by atoms with Crippen molar-refractivity contribution < 1.29 is 0 Å². The summed E-state index contributed by atoms with van der Waals surface area (Å²) in [5, 5.41) is 2.69. The molecule has 0 fully saturated rings. The highest BCUT2D eigenvalue weighted by Crippen LogP contribution is 2.44. The quantitative estimate of drug-likeness (QED) is 0.257. The summed E-state index contributed by atoms with van der Waals surface area (Å²) in [6, 6.07) is 38.2. The van der Waals surface area contributed by atoms with E-state index in [1.54, 1.807) is 0 Å². The van der Waals surface area contributed by atoms with Crippen molar-refractivity contribution in [1.82, 2.24) is 4.57 Å². The first-order chi connectivity index (χ1) is 17.2. The topological polar surface area (TPSA) is 8.17 Å². The lowest BCUT2D eigenvalue weighted by molar-refractivity contribution is 1.17. The van der Waals surface area contributed by atoms with Crippen molar-refractivity contribution in [2.75, 3.05) is 4.81 Å². The molecule has 0 spiro atoms. The molecule has 5 aromatic carbocycles. The van der Waals surface area contributed by atoms with Crippen molar-refractivity contribution in [1.29, 1.82) is 0 Å². The first kappa shape index (κ1) is 19.1. The summed E-state index contributed by atoms with van der Waals surface area (Å²) in [4.78, 5) is 2.55. The monoisotopic (exact) mass is 446 g/mol. The SMILES string of the molecule is Cc1cc(C)c2c(c1)c1cccc3c1n2-c1cccc2c1B3N(c1ccccc1)c1ccccc1-2. The van der Waals surface area contributed by atoms with E-state index in [0.717, 1.165) is 0 Å². The molecule has 0 amide bonds. The molecule has 2 aliphatic rings. The van der Waals surface area contributed by atoms with E-state index in [-0.39, 0.29) is 6.85 Å². The summed E-state index contributed by atoms with van der Waals surface area (Å²) in [5.74, 6) is 0. The highest BCUT2D eigenvalue weighted by atomic mass is 15.1. The normalized spacial score (nSPS) is 13.3. The van der Waals surface area contributed by atoms with Crippen LogP contribution >= 0.6 is 0 Å². The Morgan fingerprint density at radius 3 is 2.23 bits per heavy atom. The van der Waals surface area contributed by atoms with Crippen molar-refractivity contribution in [2.24, 2.45) is 0 Å². The third-order valence-electron chi connectivity index (χ3n) is 7.89. The standard InChI is InChI=1S/C32H23BN2/c1-20-18-21(2)31-26(19-20)25-14-8-15-27-32(25)34(31)29-17-9-13-24-23-12-6-7-16-28(23)35(33(27)30(24)29)22-10-4-3-5-11-22/h3-19H,1-2H3. The van der Waals surface area contributed by atoms with Gasteiger partial charge in [-0.2, -0.15) is 0 Å². The number of fused-ring (bicyclic) bond motifs is 7. The van der Waals surface area contributed by atoms with E-state index < -0.39 is 0 Å². The van der Waals surface area contributed by atoms with Gasteiger partial charge < -0.3 is 9.38 Å². The van der Waals surface area contributed by atoms with Crippen LogP contribution in [0.1, 0.15) is 11.1 Å². The zero-order valence-electron chi connectivity index (χ0n) is 19.8. The number of aromatic nitrogens is 1. The van der Waals surface area contributed by atoms with Crippen LogP contribution in [0.25, 0.3) is 38.6 Å². The summed E-state index contributed by atoms with van der Waals surface area (Å²) in [6.07, 6.45) is 0. The molecule has 0 radical (unpaired) electrons. The number of hydrogen-bond donors (Lipinski definition) is 0. The molecule has 0 N–H and O–H groups in total. The second-order valence-electron chi connectivity index (χ2n) is 9.92. The molecule has 2 aliphatic heterocycles. The number of anilines is 2. The van der Waals surface area contributed by atoms with Gasteiger partial charge >= 0.3 is 6.85 Å². The molecule has 1 aromatic heterocycles. The Kier molecular flexibility index (Phi) is 3.64. The van der Waals surface area contributed by atoms with E-state index in [1.165, 1.54) is 72.0 Å². The van der Waals surface area contributed by atoms with Crippen molar-refractivity contribution in [2.45, 2.75) is 13.8 Å². The molecule has 3 heteroatoms. The van der Waals surface area contributed by atoms with Gasteiger partial charge in [0, 0.05) is 33.4 Å². The first-order valence-electron chi connectivity index (χ1n) is 12.3. The van der Waals surface area contributed by atoms with E-state index in [2.05, 4.69) is 126 Å². The van der Waals surface area contributed by atoms with Gasteiger partial charge in [0.2, 0.25) is 0 Å². The maximum Gasteiger partial charge on any atom is 0.333 e. The molecular weight excluding hydrogens is 423 g/mol. The molecule has 35 heavy (non-hydrogen) atoms. The van der Waals surface area contributed by atoms with Gasteiger partial charge in [0.1, 0.15) is 0 Å². The Morgan fingerprint density at radius 2 is 1.34 bits per heavy atom. The fraction of sp³-hybridized carbons (Fsp3) is 0.0625. The lowest BCUT2D eigenvalue weighted by Crippen LogP contribution is -2.60. The third-order valence-corrected chi connectivity index (χ3v) is 7.89. The van der Waals surface area contributed by atoms with E-state index in [4.69, 9.17) is 0 Å². The van der Waals surface area contributed by atoms with Crippen LogP contribution in [-0.4, -0.2) is 11.4 Å². The van der Waals surface area contributed by atoms with Crippen LogP contribution in [-0.2, 0) is 0 Å². The Hall–Kier alpha value is -4.24. The number of rotatable bonds is 1. The molecule has 0 saturated heterocycles. The second kappa shape index (κ2) is 6.67. The Morgan fingerprint density at radius 1 is 0.600 bits per heavy atom. The number of benzene rings is 5. The molecule has 0 aliphatic carbocycles.